The summed E-state index contributed by atoms with van der Waals surface area (Å²) in [5.74, 6) is 0.724. The third-order valence-electron chi connectivity index (χ3n) is 11.9. The molecule has 0 aliphatic carbocycles. The van der Waals surface area contributed by atoms with Gasteiger partial charge in [-0.05, 0) is 69.7 Å². The second kappa shape index (κ2) is 12.3. The average Bonchev–Trinajstić information content (AvgIpc) is 3.93. The Balaban J connectivity index is 1.09. The monoisotopic (exact) mass is 743 g/mol. The minimum atomic E-state index is -2.87. The van der Waals surface area contributed by atoms with Gasteiger partial charge in [0.25, 0.3) is 0 Å². The van der Waals surface area contributed by atoms with E-state index in [2.05, 4.69) is 193 Å². The van der Waals surface area contributed by atoms with E-state index in [1.165, 1.54) is 26.5 Å². The highest BCUT2D eigenvalue weighted by Crippen LogP contribution is 2.41. The van der Waals surface area contributed by atoms with Crippen LogP contribution in [0.3, 0.4) is 0 Å². The first-order valence-corrected chi connectivity index (χ1v) is 21.4. The molecule has 3 aromatic heterocycles. The highest BCUT2D eigenvalue weighted by Gasteiger charge is 2.51. The zero-order valence-corrected chi connectivity index (χ0v) is 31.8. The van der Waals surface area contributed by atoms with Crippen LogP contribution in [-0.4, -0.2) is 22.6 Å². The van der Waals surface area contributed by atoms with Crippen molar-refractivity contribution in [1.82, 2.24) is 14.5 Å². The normalized spacial score (nSPS) is 13.1. The van der Waals surface area contributed by atoms with Crippen LogP contribution >= 0.6 is 0 Å². The number of benzene rings is 8. The summed E-state index contributed by atoms with van der Waals surface area (Å²) < 4.78 is 8.91. The maximum atomic E-state index is 6.56. The van der Waals surface area contributed by atoms with Crippen molar-refractivity contribution >= 4 is 72.7 Å². The van der Waals surface area contributed by atoms with Gasteiger partial charge in [-0.25, -0.2) is 9.97 Å². The number of nitrogens with zero attached hydrogens (tertiary/aromatic N) is 3. The molecule has 0 unspecified atom stereocenters. The first-order valence-electron chi connectivity index (χ1n) is 19.4. The Morgan fingerprint density at radius 1 is 0.456 bits per heavy atom. The van der Waals surface area contributed by atoms with Crippen molar-refractivity contribution in [2.45, 2.75) is 0 Å². The van der Waals surface area contributed by atoms with E-state index in [0.29, 0.717) is 0 Å². The van der Waals surface area contributed by atoms with Crippen molar-refractivity contribution in [3.63, 3.8) is 0 Å². The number of para-hydroxylation sites is 2. The lowest BCUT2D eigenvalue weighted by atomic mass is 10.0. The minimum absolute atomic E-state index is 0.724. The molecule has 0 saturated carbocycles. The number of aromatic nitrogens is 3. The van der Waals surface area contributed by atoms with Crippen LogP contribution in [0.1, 0.15) is 0 Å². The minimum Gasteiger partial charge on any atom is -0.455 e. The van der Waals surface area contributed by atoms with Gasteiger partial charge in [-0.2, -0.15) is 0 Å². The van der Waals surface area contributed by atoms with Gasteiger partial charge in [0.1, 0.15) is 11.2 Å². The zero-order valence-electron chi connectivity index (χ0n) is 30.8. The van der Waals surface area contributed by atoms with Crippen molar-refractivity contribution in [1.29, 1.82) is 0 Å². The van der Waals surface area contributed by atoms with Crippen molar-refractivity contribution in [2.24, 2.45) is 0 Å². The van der Waals surface area contributed by atoms with Gasteiger partial charge in [-0.1, -0.05) is 152 Å². The lowest BCUT2D eigenvalue weighted by Crippen LogP contribution is -2.73. The van der Waals surface area contributed by atoms with E-state index in [-0.39, 0.29) is 0 Å². The molecule has 0 spiro atoms. The van der Waals surface area contributed by atoms with E-state index < -0.39 is 8.07 Å². The Hall–Kier alpha value is -7.34. The summed E-state index contributed by atoms with van der Waals surface area (Å²) in [7, 11) is -2.87. The molecule has 4 heterocycles. The number of furan rings is 1. The number of hydrogen-bond acceptors (Lipinski definition) is 3. The molecule has 5 heteroatoms. The summed E-state index contributed by atoms with van der Waals surface area (Å²) in [5.41, 5.74) is 10.5. The van der Waals surface area contributed by atoms with Gasteiger partial charge < -0.3 is 8.98 Å². The number of fused-ring (bicyclic) bond motifs is 10. The quantitative estimate of drug-likeness (QED) is 0.165. The molecule has 0 amide bonds. The molecule has 1 aliphatic rings. The second-order valence-corrected chi connectivity index (χ2v) is 18.5. The molecule has 11 aromatic rings. The van der Waals surface area contributed by atoms with E-state index in [1.54, 1.807) is 0 Å². The second-order valence-electron chi connectivity index (χ2n) is 14.8. The van der Waals surface area contributed by atoms with Gasteiger partial charge in [0.05, 0.1) is 27.4 Å². The van der Waals surface area contributed by atoms with Crippen LogP contribution in [0.15, 0.2) is 205 Å². The molecule has 8 aromatic carbocycles. The van der Waals surface area contributed by atoms with Gasteiger partial charge in [-0.3, -0.25) is 0 Å². The molecule has 0 N–H and O–H groups in total. The van der Waals surface area contributed by atoms with E-state index in [0.717, 1.165) is 77.6 Å². The van der Waals surface area contributed by atoms with Gasteiger partial charge in [0, 0.05) is 38.5 Å². The third-order valence-corrected chi connectivity index (χ3v) is 16.6. The summed E-state index contributed by atoms with van der Waals surface area (Å²) in [4.78, 5) is 11.2. The largest absolute Gasteiger partial charge is 0.455 e. The highest BCUT2D eigenvalue weighted by molar-refractivity contribution is 7.21. The van der Waals surface area contributed by atoms with Gasteiger partial charge in [0.15, 0.2) is 5.82 Å². The van der Waals surface area contributed by atoms with Crippen molar-refractivity contribution in [3.05, 3.63) is 200 Å². The van der Waals surface area contributed by atoms with E-state index in [9.17, 15) is 0 Å². The Morgan fingerprint density at radius 3 is 1.84 bits per heavy atom. The highest BCUT2D eigenvalue weighted by atomic mass is 28.3. The molecule has 0 saturated heterocycles. The summed E-state index contributed by atoms with van der Waals surface area (Å²) in [6.07, 6.45) is 0. The molecule has 1 aliphatic heterocycles. The van der Waals surface area contributed by atoms with Crippen LogP contribution in [0.5, 0.6) is 0 Å². The first-order chi connectivity index (χ1) is 28.3. The molecule has 0 atom stereocenters. The predicted octanol–water partition coefficient (Wildman–Crippen LogP) is 10.2. The standard InChI is InChI=1S/C52H33N3OSi/c1-4-16-34(17-5-1)49-48-42-24-12-15-27-46(42)57(37-18-6-2-7-19-37,38-20-8-3-9-21-38)52(48)54-51(53-49)35-28-30-36(31-29-35)55-43-25-13-10-23-41(43)47-44(55)33-32-40-39-22-11-14-26-45(39)56-50(40)47/h1-33H. The van der Waals surface area contributed by atoms with Crippen LogP contribution in [-0.2, 0) is 0 Å². The van der Waals surface area contributed by atoms with Gasteiger partial charge >= 0.3 is 0 Å². The fraction of sp³-hybridized carbons (Fsp3) is 0. The van der Waals surface area contributed by atoms with Gasteiger partial charge in [-0.15, -0.1) is 0 Å². The van der Waals surface area contributed by atoms with Crippen LogP contribution < -0.4 is 20.9 Å². The molecular formula is C52H33N3OSi. The van der Waals surface area contributed by atoms with E-state index in [4.69, 9.17) is 14.4 Å². The maximum Gasteiger partial charge on any atom is 0.203 e. The molecule has 0 radical (unpaired) electrons. The molecule has 0 fully saturated rings. The lowest BCUT2D eigenvalue weighted by Gasteiger charge is -2.30. The first kappa shape index (κ1) is 32.0. The van der Waals surface area contributed by atoms with Crippen LogP contribution in [0.4, 0.5) is 0 Å². The maximum absolute atomic E-state index is 6.56. The third kappa shape index (κ3) is 4.55. The topological polar surface area (TPSA) is 43.9 Å². The Kier molecular flexibility index (Phi) is 6.91. The summed E-state index contributed by atoms with van der Waals surface area (Å²) in [6, 6.07) is 71.8. The SMILES string of the molecule is c1ccc(-c2nc(-c3ccc(-n4c5ccccc5c5c6oc7ccccc7c6ccc54)cc3)nc3c2-c2ccccc2[Si]3(c2ccccc2)c2ccccc2)cc1. The van der Waals surface area contributed by atoms with Crippen molar-refractivity contribution < 1.29 is 4.42 Å². The molecule has 266 valence electrons. The zero-order chi connectivity index (χ0) is 37.5. The molecule has 12 rings (SSSR count). The Labute approximate surface area is 330 Å². The summed E-state index contributed by atoms with van der Waals surface area (Å²) >= 11 is 0. The Morgan fingerprint density at radius 2 is 1.09 bits per heavy atom. The fourth-order valence-corrected chi connectivity index (χ4v) is 14.5. The molecule has 57 heavy (non-hydrogen) atoms. The van der Waals surface area contributed by atoms with Crippen LogP contribution in [0, 0.1) is 0 Å². The van der Waals surface area contributed by atoms with Crippen molar-refractivity contribution in [3.8, 4) is 39.5 Å². The van der Waals surface area contributed by atoms with Crippen LogP contribution in [0.25, 0.3) is 83.2 Å². The Bertz CT molecular complexity index is 3300. The number of hydrogen-bond donors (Lipinski definition) is 0. The van der Waals surface area contributed by atoms with E-state index in [1.807, 2.05) is 12.1 Å². The van der Waals surface area contributed by atoms with Crippen molar-refractivity contribution in [2.75, 3.05) is 0 Å². The number of rotatable bonds is 5. The molecule has 4 nitrogen and oxygen atoms in total. The molecule has 0 bridgehead atoms. The molecular weight excluding hydrogens is 711 g/mol. The summed E-state index contributed by atoms with van der Waals surface area (Å²) in [5, 5.41) is 9.66. The smallest absolute Gasteiger partial charge is 0.203 e. The fourth-order valence-electron chi connectivity index (χ4n) is 9.48. The van der Waals surface area contributed by atoms with Crippen LogP contribution in [0.2, 0.25) is 0 Å². The average molecular weight is 744 g/mol. The van der Waals surface area contributed by atoms with E-state index >= 15 is 0 Å². The lowest BCUT2D eigenvalue weighted by molar-refractivity contribution is 0.673. The summed E-state index contributed by atoms with van der Waals surface area (Å²) in [6.45, 7) is 0. The predicted molar refractivity (Wildman–Crippen MR) is 237 cm³/mol. The van der Waals surface area contributed by atoms with Gasteiger partial charge in [0.2, 0.25) is 8.07 Å².